The molecule has 0 N–H and O–H groups in total. The van der Waals surface area contributed by atoms with Gasteiger partial charge in [-0.05, 0) is 42.5 Å². The second-order valence-electron chi connectivity index (χ2n) is 6.30. The Morgan fingerprint density at radius 3 is 1.96 bits per heavy atom. The largest absolute Gasteiger partial charge is 0.252 e. The molecule has 0 fully saturated rings. The molecule has 0 amide bonds. The Hall–Kier alpha value is -2.45. The van der Waals surface area contributed by atoms with Crippen LogP contribution in [0.2, 0.25) is 0 Å². The van der Waals surface area contributed by atoms with E-state index in [1.807, 2.05) is 6.07 Å². The molecule has 0 aliphatic heterocycles. The molecule has 122 valence electrons. The lowest BCUT2D eigenvalue weighted by Crippen LogP contribution is -1.96. The van der Waals surface area contributed by atoms with E-state index in [1.165, 1.54) is 27.5 Å². The maximum absolute atomic E-state index is 5.00. The van der Waals surface area contributed by atoms with Gasteiger partial charge in [0.1, 0.15) is 0 Å². The third kappa shape index (κ3) is 2.87. The zero-order chi connectivity index (χ0) is 17.4. The smallest absolute Gasteiger partial charge is 0.0789 e. The number of nitrogens with zero attached hydrogens (tertiary/aromatic N) is 1. The summed E-state index contributed by atoms with van der Waals surface area (Å²) >= 11 is 3.67. The maximum Gasteiger partial charge on any atom is 0.0789 e. The predicted molar refractivity (Wildman–Crippen MR) is 110 cm³/mol. The van der Waals surface area contributed by atoms with E-state index in [2.05, 4.69) is 96.5 Å². The molecule has 25 heavy (non-hydrogen) atoms. The second-order valence-corrected chi connectivity index (χ2v) is 7.15. The van der Waals surface area contributed by atoms with E-state index in [9.17, 15) is 0 Å². The Kier molecular flexibility index (Phi) is 4.14. The van der Waals surface area contributed by atoms with Gasteiger partial charge in [0.2, 0.25) is 0 Å². The third-order valence-corrected chi connectivity index (χ3v) is 5.44. The van der Waals surface area contributed by atoms with Crippen molar-refractivity contribution in [1.82, 2.24) is 4.98 Å². The summed E-state index contributed by atoms with van der Waals surface area (Å²) in [7, 11) is 0. The third-order valence-electron chi connectivity index (χ3n) is 4.58. The van der Waals surface area contributed by atoms with Crippen LogP contribution in [0.25, 0.3) is 33.2 Å². The molecule has 4 aromatic rings. The fourth-order valence-corrected chi connectivity index (χ4v) is 3.64. The summed E-state index contributed by atoms with van der Waals surface area (Å²) in [5, 5.41) is 2.44. The van der Waals surface area contributed by atoms with E-state index < -0.39 is 0 Å². The van der Waals surface area contributed by atoms with Gasteiger partial charge in [0.05, 0.1) is 5.69 Å². The van der Waals surface area contributed by atoms with E-state index in [0.29, 0.717) is 0 Å². The summed E-state index contributed by atoms with van der Waals surface area (Å²) in [6, 6.07) is 25.4. The quantitative estimate of drug-likeness (QED) is 0.362. The number of hydrogen-bond acceptors (Lipinski definition) is 1. The van der Waals surface area contributed by atoms with Gasteiger partial charge in [-0.15, -0.1) is 0 Å². The second kappa shape index (κ2) is 6.45. The monoisotopic (exact) mass is 387 g/mol. The molecular weight excluding hydrogens is 370 g/mol. The number of halogens is 1. The van der Waals surface area contributed by atoms with Gasteiger partial charge < -0.3 is 0 Å². The molecule has 0 spiro atoms. The van der Waals surface area contributed by atoms with Crippen LogP contribution in [-0.2, 0) is 0 Å². The highest BCUT2D eigenvalue weighted by atomic mass is 79.9. The Labute approximate surface area is 156 Å². The molecule has 0 saturated carbocycles. The molecule has 3 aromatic carbocycles. The van der Waals surface area contributed by atoms with E-state index in [1.54, 1.807) is 0 Å². The molecule has 0 atom stereocenters. The zero-order valence-corrected chi connectivity index (χ0v) is 15.8. The van der Waals surface area contributed by atoms with Crippen molar-refractivity contribution in [1.29, 1.82) is 0 Å². The standard InChI is InChI=1S/C23H18BrN/c1-15-13-20-19(14-21(15)24)16(2)25-23(18-11-7-4-8-12-18)22(20)17-9-5-3-6-10-17/h3-14H,1-2H3. The van der Waals surface area contributed by atoms with E-state index >= 15 is 0 Å². The number of aryl methyl sites for hydroxylation is 2. The normalized spacial score (nSPS) is 11.0. The van der Waals surface area contributed by atoms with Gasteiger partial charge in [0.15, 0.2) is 0 Å². The first kappa shape index (κ1) is 16.0. The number of benzene rings is 3. The van der Waals surface area contributed by atoms with E-state index in [4.69, 9.17) is 4.98 Å². The van der Waals surface area contributed by atoms with Crippen LogP contribution in [0.4, 0.5) is 0 Å². The zero-order valence-electron chi connectivity index (χ0n) is 14.3. The van der Waals surface area contributed by atoms with Crippen LogP contribution < -0.4 is 0 Å². The summed E-state index contributed by atoms with van der Waals surface area (Å²) in [6.45, 7) is 4.22. The summed E-state index contributed by atoms with van der Waals surface area (Å²) in [6.07, 6.45) is 0. The first-order valence-corrected chi connectivity index (χ1v) is 9.16. The minimum absolute atomic E-state index is 1.04. The van der Waals surface area contributed by atoms with Crippen LogP contribution in [0, 0.1) is 13.8 Å². The topological polar surface area (TPSA) is 12.9 Å². The van der Waals surface area contributed by atoms with E-state index in [-0.39, 0.29) is 0 Å². The maximum atomic E-state index is 5.00. The highest BCUT2D eigenvalue weighted by molar-refractivity contribution is 9.10. The van der Waals surface area contributed by atoms with Crippen molar-refractivity contribution in [2.75, 3.05) is 0 Å². The van der Waals surface area contributed by atoms with Gasteiger partial charge in [-0.1, -0.05) is 76.6 Å². The number of rotatable bonds is 2. The Bertz CT molecular complexity index is 1050. The van der Waals surface area contributed by atoms with Crippen LogP contribution in [0.3, 0.4) is 0 Å². The molecule has 2 heteroatoms. The number of fused-ring (bicyclic) bond motifs is 1. The Morgan fingerprint density at radius 1 is 0.720 bits per heavy atom. The van der Waals surface area contributed by atoms with Crippen LogP contribution in [0.1, 0.15) is 11.3 Å². The fourth-order valence-electron chi connectivity index (χ4n) is 3.30. The average molecular weight is 388 g/mol. The van der Waals surface area contributed by atoms with Gasteiger partial charge in [-0.2, -0.15) is 0 Å². The molecule has 1 nitrogen and oxygen atoms in total. The van der Waals surface area contributed by atoms with Gasteiger partial charge in [-0.3, -0.25) is 4.98 Å². The highest BCUT2D eigenvalue weighted by Gasteiger charge is 2.16. The summed E-state index contributed by atoms with van der Waals surface area (Å²) in [4.78, 5) is 5.00. The number of hydrogen-bond donors (Lipinski definition) is 0. The van der Waals surface area contributed by atoms with Gasteiger partial charge in [0, 0.05) is 26.7 Å². The average Bonchev–Trinajstić information content (AvgIpc) is 2.65. The molecule has 0 bridgehead atoms. The molecule has 0 unspecified atom stereocenters. The first-order chi connectivity index (χ1) is 12.1. The fraction of sp³-hybridized carbons (Fsp3) is 0.0870. The molecule has 0 aliphatic rings. The number of pyridine rings is 1. The number of aromatic nitrogens is 1. The minimum atomic E-state index is 1.04. The van der Waals surface area contributed by atoms with Crippen molar-refractivity contribution in [3.05, 3.63) is 88.5 Å². The molecular formula is C23H18BrN. The lowest BCUT2D eigenvalue weighted by molar-refractivity contribution is 1.24. The lowest BCUT2D eigenvalue weighted by atomic mass is 9.92. The molecule has 4 rings (SSSR count). The summed E-state index contributed by atoms with van der Waals surface area (Å²) in [5.41, 5.74) is 6.86. The van der Waals surface area contributed by atoms with Crippen molar-refractivity contribution >= 4 is 26.7 Å². The SMILES string of the molecule is Cc1cc2c(-c3ccccc3)c(-c3ccccc3)nc(C)c2cc1Br. The Morgan fingerprint density at radius 2 is 1.32 bits per heavy atom. The molecule has 0 aliphatic carbocycles. The van der Waals surface area contributed by atoms with Crippen LogP contribution in [-0.4, -0.2) is 4.98 Å². The molecule has 0 radical (unpaired) electrons. The van der Waals surface area contributed by atoms with Gasteiger partial charge in [0.25, 0.3) is 0 Å². The lowest BCUT2D eigenvalue weighted by Gasteiger charge is -2.16. The van der Waals surface area contributed by atoms with Crippen molar-refractivity contribution in [3.8, 4) is 22.4 Å². The van der Waals surface area contributed by atoms with Crippen molar-refractivity contribution in [2.24, 2.45) is 0 Å². The van der Waals surface area contributed by atoms with E-state index in [0.717, 1.165) is 21.4 Å². The van der Waals surface area contributed by atoms with Crippen LogP contribution >= 0.6 is 15.9 Å². The van der Waals surface area contributed by atoms with Crippen molar-refractivity contribution in [2.45, 2.75) is 13.8 Å². The van der Waals surface area contributed by atoms with Gasteiger partial charge in [-0.25, -0.2) is 0 Å². The summed E-state index contributed by atoms with van der Waals surface area (Å²) < 4.78 is 1.12. The minimum Gasteiger partial charge on any atom is -0.252 e. The van der Waals surface area contributed by atoms with Crippen molar-refractivity contribution < 1.29 is 0 Å². The Balaban J connectivity index is 2.17. The first-order valence-electron chi connectivity index (χ1n) is 8.36. The molecule has 0 saturated heterocycles. The van der Waals surface area contributed by atoms with Gasteiger partial charge >= 0.3 is 0 Å². The van der Waals surface area contributed by atoms with Crippen LogP contribution in [0.5, 0.6) is 0 Å². The highest BCUT2D eigenvalue weighted by Crippen LogP contribution is 2.39. The molecule has 1 aromatic heterocycles. The van der Waals surface area contributed by atoms with Crippen molar-refractivity contribution in [3.63, 3.8) is 0 Å². The van der Waals surface area contributed by atoms with Crippen LogP contribution in [0.15, 0.2) is 77.3 Å². The molecule has 1 heterocycles. The summed E-state index contributed by atoms with van der Waals surface area (Å²) in [5.74, 6) is 0. The predicted octanol–water partition coefficient (Wildman–Crippen LogP) is 6.95.